The highest BCUT2D eigenvalue weighted by Gasteiger charge is 2.46. The fourth-order valence-corrected chi connectivity index (χ4v) is 4.97. The zero-order valence-electron chi connectivity index (χ0n) is 22.4. The van der Waals surface area contributed by atoms with E-state index in [1.807, 2.05) is 6.92 Å². The normalized spacial score (nSPS) is 19.5. The van der Waals surface area contributed by atoms with Crippen LogP contribution in [0.2, 0.25) is 0 Å². The predicted octanol–water partition coefficient (Wildman–Crippen LogP) is 2.78. The summed E-state index contributed by atoms with van der Waals surface area (Å²) < 4.78 is 27.3. The molecule has 1 atom stereocenters. The van der Waals surface area contributed by atoms with E-state index < -0.39 is 17.7 Å². The van der Waals surface area contributed by atoms with Crippen molar-refractivity contribution in [2.75, 3.05) is 67.8 Å². The summed E-state index contributed by atoms with van der Waals surface area (Å²) in [5.41, 5.74) is 1.73. The molecular formula is C28H34N2O8. The fourth-order valence-electron chi connectivity index (χ4n) is 4.97. The minimum atomic E-state index is -0.868. The lowest BCUT2D eigenvalue weighted by Crippen LogP contribution is -2.42. The van der Waals surface area contributed by atoms with E-state index in [1.165, 1.54) is 26.2 Å². The van der Waals surface area contributed by atoms with Crippen LogP contribution >= 0.6 is 0 Å². The molecule has 1 N–H and O–H groups in total. The quantitative estimate of drug-likeness (QED) is 0.300. The van der Waals surface area contributed by atoms with Crippen LogP contribution in [0.4, 0.5) is 0 Å². The zero-order valence-corrected chi connectivity index (χ0v) is 22.4. The smallest absolute Gasteiger partial charge is 0.295 e. The Morgan fingerprint density at radius 1 is 0.921 bits per heavy atom. The van der Waals surface area contributed by atoms with E-state index in [-0.39, 0.29) is 17.9 Å². The highest BCUT2D eigenvalue weighted by Crippen LogP contribution is 2.45. The Bertz CT molecular complexity index is 1210. The number of benzene rings is 2. The van der Waals surface area contributed by atoms with E-state index in [0.29, 0.717) is 53.9 Å². The number of carbonyl (C=O) groups is 2. The number of ether oxygens (including phenoxy) is 5. The van der Waals surface area contributed by atoms with Gasteiger partial charge in [0, 0.05) is 31.7 Å². The zero-order chi connectivity index (χ0) is 27.4. The Hall–Kier alpha value is -3.76. The molecule has 0 aliphatic carbocycles. The molecule has 4 rings (SSSR count). The van der Waals surface area contributed by atoms with Gasteiger partial charge in [-0.15, -0.1) is 0 Å². The lowest BCUT2D eigenvalue weighted by atomic mass is 9.94. The lowest BCUT2D eigenvalue weighted by molar-refractivity contribution is -0.140. The third kappa shape index (κ3) is 5.14. The Balaban J connectivity index is 1.85. The Morgan fingerprint density at radius 2 is 1.55 bits per heavy atom. The Morgan fingerprint density at radius 3 is 2.11 bits per heavy atom. The highest BCUT2D eigenvalue weighted by atomic mass is 16.5. The number of hydrogen-bond donors (Lipinski definition) is 1. The van der Waals surface area contributed by atoms with Gasteiger partial charge in [0.05, 0.1) is 53.3 Å². The van der Waals surface area contributed by atoms with Crippen LogP contribution in [0.5, 0.6) is 23.0 Å². The number of aliphatic hydroxyl groups excluding tert-OH is 1. The molecule has 0 aromatic heterocycles. The van der Waals surface area contributed by atoms with Gasteiger partial charge in [-0.3, -0.25) is 14.5 Å². The number of ketones is 1. The van der Waals surface area contributed by atoms with Crippen LogP contribution in [-0.2, 0) is 14.3 Å². The van der Waals surface area contributed by atoms with Gasteiger partial charge >= 0.3 is 0 Å². The summed E-state index contributed by atoms with van der Waals surface area (Å²) in [4.78, 5) is 30.5. The topological polar surface area (TPSA) is 107 Å². The standard InChI is InChI=1S/C28H34N2O8/c1-17-14-18(6-7-20(17)34-2)25(31)23-24(19-15-21(35-3)27(37-5)22(16-19)36-4)30(28(33)26(23)32)9-8-29-10-12-38-13-11-29/h6-7,14-16,24,31H,8-13H2,1-5H3/b25-23+. The first kappa shape index (κ1) is 27.3. The van der Waals surface area contributed by atoms with Gasteiger partial charge in [-0.05, 0) is 48.4 Å². The molecule has 1 amide bonds. The molecule has 2 heterocycles. The molecule has 2 aliphatic rings. The van der Waals surface area contributed by atoms with Crippen LogP contribution in [0.3, 0.4) is 0 Å². The molecule has 38 heavy (non-hydrogen) atoms. The molecule has 0 spiro atoms. The van der Waals surface area contributed by atoms with Crippen molar-refractivity contribution in [1.29, 1.82) is 0 Å². The molecule has 0 saturated carbocycles. The van der Waals surface area contributed by atoms with Crippen molar-refractivity contribution in [3.05, 3.63) is 52.6 Å². The summed E-state index contributed by atoms with van der Waals surface area (Å²) >= 11 is 0. The molecule has 1 unspecified atom stereocenters. The van der Waals surface area contributed by atoms with Gasteiger partial charge in [-0.25, -0.2) is 0 Å². The summed E-state index contributed by atoms with van der Waals surface area (Å²) in [7, 11) is 6.06. The van der Waals surface area contributed by atoms with Gasteiger partial charge in [-0.1, -0.05) is 0 Å². The van der Waals surface area contributed by atoms with Gasteiger partial charge in [-0.2, -0.15) is 0 Å². The predicted molar refractivity (Wildman–Crippen MR) is 140 cm³/mol. The monoisotopic (exact) mass is 526 g/mol. The molecule has 2 fully saturated rings. The Kier molecular flexibility index (Phi) is 8.43. The van der Waals surface area contributed by atoms with Crippen LogP contribution in [-0.4, -0.2) is 94.4 Å². The first-order valence-electron chi connectivity index (χ1n) is 12.4. The maximum atomic E-state index is 13.5. The number of nitrogens with zero attached hydrogens (tertiary/aromatic N) is 2. The molecular weight excluding hydrogens is 492 g/mol. The molecule has 2 aliphatic heterocycles. The molecule has 204 valence electrons. The number of methoxy groups -OCH3 is 4. The number of morpholine rings is 1. The van der Waals surface area contributed by atoms with Crippen LogP contribution in [0.15, 0.2) is 35.9 Å². The van der Waals surface area contributed by atoms with E-state index in [9.17, 15) is 14.7 Å². The van der Waals surface area contributed by atoms with E-state index >= 15 is 0 Å². The maximum Gasteiger partial charge on any atom is 0.295 e. The highest BCUT2D eigenvalue weighted by molar-refractivity contribution is 6.46. The van der Waals surface area contributed by atoms with Crippen molar-refractivity contribution in [3.8, 4) is 23.0 Å². The number of rotatable bonds is 9. The molecule has 10 heteroatoms. The van der Waals surface area contributed by atoms with Crippen molar-refractivity contribution in [2.45, 2.75) is 13.0 Å². The third-order valence-electron chi connectivity index (χ3n) is 6.97. The summed E-state index contributed by atoms with van der Waals surface area (Å²) in [6, 6.07) is 7.63. The molecule has 0 radical (unpaired) electrons. The molecule has 2 saturated heterocycles. The molecule has 0 bridgehead atoms. The third-order valence-corrected chi connectivity index (χ3v) is 6.97. The second kappa shape index (κ2) is 11.7. The lowest BCUT2D eigenvalue weighted by Gasteiger charge is -2.31. The molecule has 2 aromatic carbocycles. The average molecular weight is 527 g/mol. The van der Waals surface area contributed by atoms with Crippen molar-refractivity contribution in [3.63, 3.8) is 0 Å². The minimum absolute atomic E-state index is 0.00387. The molecule has 10 nitrogen and oxygen atoms in total. The van der Waals surface area contributed by atoms with Crippen molar-refractivity contribution in [2.24, 2.45) is 0 Å². The number of aliphatic hydroxyl groups is 1. The average Bonchev–Trinajstić information content (AvgIpc) is 3.20. The van der Waals surface area contributed by atoms with Crippen LogP contribution < -0.4 is 18.9 Å². The Labute approximate surface area is 222 Å². The van der Waals surface area contributed by atoms with Gasteiger partial charge in [0.25, 0.3) is 11.7 Å². The van der Waals surface area contributed by atoms with Crippen molar-refractivity contribution in [1.82, 2.24) is 9.80 Å². The first-order valence-corrected chi connectivity index (χ1v) is 12.4. The SMILES string of the molecule is COc1ccc(/C(O)=C2\C(=O)C(=O)N(CCN3CCOCC3)C2c2cc(OC)c(OC)c(OC)c2)cc1C. The van der Waals surface area contributed by atoms with Crippen molar-refractivity contribution >= 4 is 17.4 Å². The van der Waals surface area contributed by atoms with Crippen LogP contribution in [0, 0.1) is 6.92 Å². The first-order chi connectivity index (χ1) is 18.3. The summed E-state index contributed by atoms with van der Waals surface area (Å²) in [5.74, 6) is 0.0903. The van der Waals surface area contributed by atoms with E-state index in [2.05, 4.69) is 4.90 Å². The van der Waals surface area contributed by atoms with E-state index in [0.717, 1.165) is 18.7 Å². The molecule has 2 aromatic rings. The second-order valence-corrected chi connectivity index (χ2v) is 9.09. The maximum absolute atomic E-state index is 13.5. The van der Waals surface area contributed by atoms with Gasteiger partial charge in [0.2, 0.25) is 5.75 Å². The van der Waals surface area contributed by atoms with E-state index in [1.54, 1.807) is 37.4 Å². The number of amides is 1. The number of aryl methyl sites for hydroxylation is 1. The van der Waals surface area contributed by atoms with Crippen LogP contribution in [0.25, 0.3) is 5.76 Å². The van der Waals surface area contributed by atoms with E-state index in [4.69, 9.17) is 23.7 Å². The number of carbonyl (C=O) groups excluding carboxylic acids is 2. The van der Waals surface area contributed by atoms with Gasteiger partial charge in [0.1, 0.15) is 11.5 Å². The second-order valence-electron chi connectivity index (χ2n) is 9.09. The van der Waals surface area contributed by atoms with Gasteiger partial charge < -0.3 is 33.7 Å². The number of likely N-dealkylation sites (tertiary alicyclic amines) is 1. The van der Waals surface area contributed by atoms with Gasteiger partial charge in [0.15, 0.2) is 11.5 Å². The minimum Gasteiger partial charge on any atom is -0.507 e. The van der Waals surface area contributed by atoms with Crippen LogP contribution in [0.1, 0.15) is 22.7 Å². The summed E-state index contributed by atoms with van der Waals surface area (Å²) in [6.45, 7) is 5.39. The number of Topliss-reactive ketones (excluding diaryl/α,β-unsaturated/α-hetero) is 1. The number of hydrogen-bond acceptors (Lipinski definition) is 9. The summed E-state index contributed by atoms with van der Waals surface area (Å²) in [6.07, 6.45) is 0. The summed E-state index contributed by atoms with van der Waals surface area (Å²) in [5, 5.41) is 11.4. The largest absolute Gasteiger partial charge is 0.507 e. The van der Waals surface area contributed by atoms with Crippen molar-refractivity contribution < 1.29 is 38.4 Å². The fraction of sp³-hybridized carbons (Fsp3) is 0.429.